The lowest BCUT2D eigenvalue weighted by atomic mass is 10.3. The Balaban J connectivity index is 1.74. The second-order valence-corrected chi connectivity index (χ2v) is 8.05. The zero-order valence-electron chi connectivity index (χ0n) is 10.2. The molecule has 2 atom stereocenters. The van der Waals surface area contributed by atoms with Crippen LogP contribution in [-0.4, -0.2) is 41.3 Å². The SMILES string of the molecule is O=[N+]([O-])c1cccc(NC2=NC3CS(=O)(=O)CC3S2)c1. The average Bonchev–Trinajstić information content (AvgIpc) is 2.82. The molecule has 0 amide bonds. The quantitative estimate of drug-likeness (QED) is 0.652. The van der Waals surface area contributed by atoms with Crippen molar-refractivity contribution in [3.05, 3.63) is 34.4 Å². The fraction of sp³-hybridized carbons (Fsp3) is 0.364. The minimum absolute atomic E-state index is 0.00127. The summed E-state index contributed by atoms with van der Waals surface area (Å²) in [5, 5.41) is 14.3. The molecule has 0 radical (unpaired) electrons. The maximum absolute atomic E-state index is 11.5. The maximum Gasteiger partial charge on any atom is 0.271 e. The molecule has 2 aliphatic heterocycles. The summed E-state index contributed by atoms with van der Waals surface area (Å²) < 4.78 is 22.9. The van der Waals surface area contributed by atoms with Crippen LogP contribution in [0.15, 0.2) is 29.3 Å². The molecule has 2 unspecified atom stereocenters. The number of nitro benzene ring substituents is 1. The van der Waals surface area contributed by atoms with Crippen molar-refractivity contribution in [2.75, 3.05) is 16.8 Å². The van der Waals surface area contributed by atoms with Crippen molar-refractivity contribution in [3.63, 3.8) is 0 Å². The van der Waals surface area contributed by atoms with Gasteiger partial charge >= 0.3 is 0 Å². The van der Waals surface area contributed by atoms with Gasteiger partial charge in [0.15, 0.2) is 15.0 Å². The third-order valence-corrected chi connectivity index (χ3v) is 6.27. The van der Waals surface area contributed by atoms with E-state index in [1.807, 2.05) is 0 Å². The number of sulfone groups is 1. The fourth-order valence-electron chi connectivity index (χ4n) is 2.24. The number of fused-ring (bicyclic) bond motifs is 1. The Hall–Kier alpha value is -1.61. The van der Waals surface area contributed by atoms with Gasteiger partial charge in [0.05, 0.1) is 22.5 Å². The van der Waals surface area contributed by atoms with E-state index in [1.165, 1.54) is 23.9 Å². The third kappa shape index (κ3) is 2.63. The monoisotopic (exact) mass is 313 g/mol. The number of nitrogens with one attached hydrogen (secondary N) is 1. The molecule has 0 spiro atoms. The topological polar surface area (TPSA) is 102 Å². The van der Waals surface area contributed by atoms with Gasteiger partial charge in [-0.1, -0.05) is 17.8 Å². The largest absolute Gasteiger partial charge is 0.335 e. The van der Waals surface area contributed by atoms with Crippen LogP contribution in [0.25, 0.3) is 0 Å². The van der Waals surface area contributed by atoms with Gasteiger partial charge in [0.25, 0.3) is 5.69 Å². The molecule has 1 fully saturated rings. The molecule has 1 saturated heterocycles. The normalized spacial score (nSPS) is 26.9. The Kier molecular flexibility index (Phi) is 3.17. The standard InChI is InChI=1S/C11H11N3O4S2/c15-14(16)8-3-1-2-7(4-8)12-11-13-9-5-20(17,18)6-10(9)19-11/h1-4,9-10H,5-6H2,(H,12,13). The second kappa shape index (κ2) is 4.74. The summed E-state index contributed by atoms with van der Waals surface area (Å²) in [4.78, 5) is 14.6. The van der Waals surface area contributed by atoms with E-state index in [-0.39, 0.29) is 28.5 Å². The number of anilines is 1. The van der Waals surface area contributed by atoms with Gasteiger partial charge in [0.1, 0.15) is 0 Å². The summed E-state index contributed by atoms with van der Waals surface area (Å²) in [5.74, 6) is 0.233. The number of nitro groups is 1. The third-order valence-electron chi connectivity index (χ3n) is 3.13. The smallest absolute Gasteiger partial charge is 0.271 e. The van der Waals surface area contributed by atoms with E-state index in [1.54, 1.807) is 12.1 Å². The summed E-state index contributed by atoms with van der Waals surface area (Å²) in [6, 6.07) is 5.93. The predicted molar refractivity (Wildman–Crippen MR) is 78.0 cm³/mol. The predicted octanol–water partition coefficient (Wildman–Crippen LogP) is 1.28. The van der Waals surface area contributed by atoms with Gasteiger partial charge in [-0.3, -0.25) is 15.1 Å². The van der Waals surface area contributed by atoms with Crippen molar-refractivity contribution in [2.24, 2.45) is 4.99 Å². The van der Waals surface area contributed by atoms with E-state index in [0.29, 0.717) is 10.9 Å². The fourth-order valence-corrected chi connectivity index (χ4v) is 5.91. The molecule has 1 aromatic carbocycles. The molecule has 1 aromatic rings. The average molecular weight is 313 g/mol. The van der Waals surface area contributed by atoms with E-state index in [9.17, 15) is 18.5 Å². The number of hydrogen-bond donors (Lipinski definition) is 1. The maximum atomic E-state index is 11.5. The molecule has 9 heteroatoms. The van der Waals surface area contributed by atoms with Crippen LogP contribution in [0.1, 0.15) is 0 Å². The van der Waals surface area contributed by atoms with Crippen LogP contribution in [0.2, 0.25) is 0 Å². The second-order valence-electron chi connectivity index (χ2n) is 4.67. The summed E-state index contributed by atoms with van der Waals surface area (Å²) in [6.07, 6.45) is 0. The summed E-state index contributed by atoms with van der Waals surface area (Å²) in [5.41, 5.74) is 0.578. The molecule has 2 heterocycles. The number of non-ortho nitro benzene ring substituents is 1. The summed E-state index contributed by atoms with van der Waals surface area (Å²) in [7, 11) is -2.96. The minimum Gasteiger partial charge on any atom is -0.335 e. The van der Waals surface area contributed by atoms with Crippen LogP contribution >= 0.6 is 11.8 Å². The van der Waals surface area contributed by atoms with E-state index in [4.69, 9.17) is 0 Å². The summed E-state index contributed by atoms with van der Waals surface area (Å²) in [6.45, 7) is 0. The lowest BCUT2D eigenvalue weighted by Gasteiger charge is -2.06. The van der Waals surface area contributed by atoms with Gasteiger partial charge in [-0.25, -0.2) is 8.42 Å². The molecule has 0 aliphatic carbocycles. The van der Waals surface area contributed by atoms with Crippen molar-refractivity contribution in [2.45, 2.75) is 11.3 Å². The van der Waals surface area contributed by atoms with Crippen molar-refractivity contribution < 1.29 is 13.3 Å². The Bertz CT molecular complexity index is 701. The van der Waals surface area contributed by atoms with Crippen molar-refractivity contribution in [3.8, 4) is 0 Å². The molecule has 106 valence electrons. The molecule has 20 heavy (non-hydrogen) atoms. The molecule has 0 saturated carbocycles. The van der Waals surface area contributed by atoms with Gasteiger partial charge in [-0.05, 0) is 6.07 Å². The van der Waals surface area contributed by atoms with Crippen molar-refractivity contribution in [1.82, 2.24) is 0 Å². The zero-order chi connectivity index (χ0) is 14.3. The molecule has 2 aliphatic rings. The Morgan fingerprint density at radius 1 is 1.40 bits per heavy atom. The van der Waals surface area contributed by atoms with E-state index in [2.05, 4.69) is 10.3 Å². The van der Waals surface area contributed by atoms with Gasteiger partial charge in [0, 0.05) is 23.1 Å². The first kappa shape index (κ1) is 13.4. The van der Waals surface area contributed by atoms with Crippen molar-refractivity contribution in [1.29, 1.82) is 0 Å². The lowest BCUT2D eigenvalue weighted by Crippen LogP contribution is -2.13. The van der Waals surface area contributed by atoms with Gasteiger partial charge in [0.2, 0.25) is 0 Å². The van der Waals surface area contributed by atoms with Crippen LogP contribution in [0.3, 0.4) is 0 Å². The number of hydrogen-bond acceptors (Lipinski definition) is 7. The molecule has 0 aromatic heterocycles. The van der Waals surface area contributed by atoms with Crippen LogP contribution in [-0.2, 0) is 9.84 Å². The molecule has 3 rings (SSSR count). The highest BCUT2D eigenvalue weighted by molar-refractivity contribution is 8.15. The Morgan fingerprint density at radius 2 is 2.20 bits per heavy atom. The Morgan fingerprint density at radius 3 is 2.90 bits per heavy atom. The van der Waals surface area contributed by atoms with Crippen LogP contribution < -0.4 is 5.32 Å². The van der Waals surface area contributed by atoms with Crippen LogP contribution in [0, 0.1) is 10.1 Å². The number of amidine groups is 1. The van der Waals surface area contributed by atoms with Gasteiger partial charge < -0.3 is 5.32 Å². The highest BCUT2D eigenvalue weighted by Gasteiger charge is 2.42. The first-order valence-electron chi connectivity index (χ1n) is 5.89. The highest BCUT2D eigenvalue weighted by Crippen LogP contribution is 2.34. The first-order valence-corrected chi connectivity index (χ1v) is 8.59. The van der Waals surface area contributed by atoms with Gasteiger partial charge in [-0.15, -0.1) is 0 Å². The molecule has 7 nitrogen and oxygen atoms in total. The summed E-state index contributed by atoms with van der Waals surface area (Å²) >= 11 is 1.38. The van der Waals surface area contributed by atoms with Crippen LogP contribution in [0.5, 0.6) is 0 Å². The number of aliphatic imine (C=N–C) groups is 1. The molecular weight excluding hydrogens is 302 g/mol. The van der Waals surface area contributed by atoms with E-state index >= 15 is 0 Å². The van der Waals surface area contributed by atoms with E-state index < -0.39 is 14.8 Å². The number of rotatable bonds is 2. The van der Waals surface area contributed by atoms with E-state index in [0.717, 1.165) is 0 Å². The molecular formula is C11H11N3O4S2. The Labute approximate surface area is 119 Å². The minimum atomic E-state index is -2.96. The molecule has 1 N–H and O–H groups in total. The number of nitrogens with zero attached hydrogens (tertiary/aromatic N) is 2. The van der Waals surface area contributed by atoms with Crippen molar-refractivity contribution >= 4 is 38.1 Å². The van der Waals surface area contributed by atoms with Crippen LogP contribution in [0.4, 0.5) is 11.4 Å². The first-order chi connectivity index (χ1) is 9.43. The highest BCUT2D eigenvalue weighted by atomic mass is 32.2. The number of thioether (sulfide) groups is 1. The number of benzene rings is 1. The van der Waals surface area contributed by atoms with Gasteiger partial charge in [-0.2, -0.15) is 0 Å². The zero-order valence-corrected chi connectivity index (χ0v) is 11.9. The lowest BCUT2D eigenvalue weighted by molar-refractivity contribution is -0.384. The molecule has 0 bridgehead atoms.